The summed E-state index contributed by atoms with van der Waals surface area (Å²) in [5.74, 6) is 0.0125. The quantitative estimate of drug-likeness (QED) is 0.752. The van der Waals surface area contributed by atoms with Crippen molar-refractivity contribution in [3.63, 3.8) is 0 Å². The summed E-state index contributed by atoms with van der Waals surface area (Å²) in [6, 6.07) is 4.58. The molecule has 1 aliphatic rings. The van der Waals surface area contributed by atoms with Crippen LogP contribution in [-0.2, 0) is 12.8 Å². The first-order valence-corrected chi connectivity index (χ1v) is 6.63. The zero-order valence-corrected chi connectivity index (χ0v) is 11.0. The smallest absolute Gasteiger partial charge is 0.259 e. The van der Waals surface area contributed by atoms with E-state index in [1.807, 2.05) is 0 Å². The van der Waals surface area contributed by atoms with Crippen molar-refractivity contribution in [2.45, 2.75) is 25.7 Å². The van der Waals surface area contributed by atoms with E-state index in [1.54, 1.807) is 22.9 Å². The van der Waals surface area contributed by atoms with Crippen LogP contribution in [0.3, 0.4) is 0 Å². The van der Waals surface area contributed by atoms with Crippen LogP contribution >= 0.6 is 11.6 Å². The van der Waals surface area contributed by atoms with Gasteiger partial charge in [0.05, 0.1) is 5.69 Å². The molecule has 0 aliphatic carbocycles. The maximum Gasteiger partial charge on any atom is 0.259 e. The normalized spacial score (nSPS) is 14.2. The highest BCUT2D eigenvalue weighted by molar-refractivity contribution is 6.29. The number of halogens is 1. The number of pyridine rings is 2. The minimum Gasteiger partial charge on any atom is -0.508 e. The van der Waals surface area contributed by atoms with Crippen LogP contribution in [0.2, 0.25) is 5.15 Å². The van der Waals surface area contributed by atoms with Gasteiger partial charge in [-0.1, -0.05) is 11.6 Å². The Kier molecular flexibility index (Phi) is 3.03. The maximum absolute atomic E-state index is 12.2. The van der Waals surface area contributed by atoms with Crippen molar-refractivity contribution in [3.8, 4) is 11.4 Å². The second kappa shape index (κ2) is 4.70. The summed E-state index contributed by atoms with van der Waals surface area (Å²) >= 11 is 5.94. The molecule has 0 bridgehead atoms. The molecule has 4 nitrogen and oxygen atoms in total. The summed E-state index contributed by atoms with van der Waals surface area (Å²) in [4.78, 5) is 16.2. The molecule has 0 fully saturated rings. The van der Waals surface area contributed by atoms with E-state index < -0.39 is 0 Å². The Hall–Kier alpha value is -1.81. The maximum atomic E-state index is 12.2. The van der Waals surface area contributed by atoms with Crippen molar-refractivity contribution in [2.75, 3.05) is 0 Å². The van der Waals surface area contributed by atoms with Gasteiger partial charge >= 0.3 is 0 Å². The van der Waals surface area contributed by atoms with Crippen LogP contribution in [0.5, 0.6) is 5.75 Å². The Labute approximate surface area is 115 Å². The average Bonchev–Trinajstić information content (AvgIpc) is 2.33. The molecule has 98 valence electrons. The number of aromatic hydroxyl groups is 1. The lowest BCUT2D eigenvalue weighted by Gasteiger charge is -2.19. The highest BCUT2D eigenvalue weighted by Gasteiger charge is 2.15. The molecular formula is C14H13ClN2O2. The van der Waals surface area contributed by atoms with Gasteiger partial charge < -0.3 is 5.11 Å². The van der Waals surface area contributed by atoms with Crippen LogP contribution in [0.4, 0.5) is 0 Å². The van der Waals surface area contributed by atoms with Gasteiger partial charge in [-0.15, -0.1) is 0 Å². The summed E-state index contributed by atoms with van der Waals surface area (Å²) in [6.07, 6.45) is 5.38. The molecule has 1 aliphatic heterocycles. The van der Waals surface area contributed by atoms with Crippen LogP contribution in [0, 0.1) is 0 Å². The third-order valence-corrected chi connectivity index (χ3v) is 3.60. The molecule has 0 amide bonds. The Morgan fingerprint density at radius 2 is 2.00 bits per heavy atom. The van der Waals surface area contributed by atoms with Crippen LogP contribution in [0.15, 0.2) is 29.2 Å². The largest absolute Gasteiger partial charge is 0.508 e. The molecule has 1 N–H and O–H groups in total. The van der Waals surface area contributed by atoms with E-state index in [0.29, 0.717) is 5.15 Å². The highest BCUT2D eigenvalue weighted by atomic mass is 35.5. The second-order valence-electron chi connectivity index (χ2n) is 4.72. The van der Waals surface area contributed by atoms with Gasteiger partial charge in [0.1, 0.15) is 10.9 Å². The number of aromatic nitrogens is 2. The molecule has 0 saturated heterocycles. The standard InChI is InChI=1S/C14H13ClN2O2/c15-13-7-12-9(8-16-13)3-1-2-4-10-5-11(18)6-14(19)17(10)12/h5-8,18H,1-4H2. The predicted octanol–water partition coefficient (Wildman–Crippen LogP) is 2.47. The molecule has 0 spiro atoms. The SMILES string of the molecule is O=c1cc(O)cc2n1-c1cc(Cl)ncc1CCCC2. The van der Waals surface area contributed by atoms with E-state index in [4.69, 9.17) is 11.6 Å². The Balaban J connectivity index is 2.33. The fourth-order valence-corrected chi connectivity index (χ4v) is 2.69. The van der Waals surface area contributed by atoms with Crippen molar-refractivity contribution < 1.29 is 5.11 Å². The van der Waals surface area contributed by atoms with E-state index >= 15 is 0 Å². The minimum atomic E-state index is -0.236. The summed E-state index contributed by atoms with van der Waals surface area (Å²) in [5.41, 5.74) is 2.37. The Morgan fingerprint density at radius 3 is 2.84 bits per heavy atom. The van der Waals surface area contributed by atoms with Crippen molar-refractivity contribution in [2.24, 2.45) is 0 Å². The summed E-state index contributed by atoms with van der Waals surface area (Å²) in [6.45, 7) is 0. The number of rotatable bonds is 0. The van der Waals surface area contributed by atoms with Crippen LogP contribution < -0.4 is 5.56 Å². The van der Waals surface area contributed by atoms with Gasteiger partial charge in [0.25, 0.3) is 5.56 Å². The van der Waals surface area contributed by atoms with E-state index in [1.165, 1.54) is 6.07 Å². The first-order valence-electron chi connectivity index (χ1n) is 6.25. The lowest BCUT2D eigenvalue weighted by Crippen LogP contribution is -2.23. The van der Waals surface area contributed by atoms with Gasteiger partial charge in [-0.3, -0.25) is 9.36 Å². The molecule has 0 radical (unpaired) electrons. The summed E-state index contributed by atoms with van der Waals surface area (Å²) in [5, 5.41) is 9.95. The minimum absolute atomic E-state index is 0.0125. The second-order valence-corrected chi connectivity index (χ2v) is 5.11. The van der Waals surface area contributed by atoms with Gasteiger partial charge in [0.2, 0.25) is 0 Å². The third kappa shape index (κ3) is 2.24. The van der Waals surface area contributed by atoms with E-state index in [-0.39, 0.29) is 11.3 Å². The van der Waals surface area contributed by atoms with Crippen molar-refractivity contribution in [1.82, 2.24) is 9.55 Å². The molecule has 3 heterocycles. The van der Waals surface area contributed by atoms with E-state index in [0.717, 1.165) is 42.6 Å². The van der Waals surface area contributed by atoms with Crippen LogP contribution in [-0.4, -0.2) is 14.7 Å². The number of aryl methyl sites for hydroxylation is 2. The Morgan fingerprint density at radius 1 is 1.21 bits per heavy atom. The molecule has 0 aromatic carbocycles. The molecule has 0 unspecified atom stereocenters. The number of nitrogens with zero attached hydrogens (tertiary/aromatic N) is 2. The predicted molar refractivity (Wildman–Crippen MR) is 73.2 cm³/mol. The van der Waals surface area contributed by atoms with E-state index in [9.17, 15) is 9.90 Å². The number of fused-ring (bicyclic) bond motifs is 3. The molecule has 5 heteroatoms. The Bertz CT molecular complexity index is 694. The fraction of sp³-hybridized carbons (Fsp3) is 0.286. The fourth-order valence-electron chi connectivity index (χ4n) is 2.54. The third-order valence-electron chi connectivity index (χ3n) is 3.39. The monoisotopic (exact) mass is 276 g/mol. The zero-order valence-electron chi connectivity index (χ0n) is 10.3. The van der Waals surface area contributed by atoms with E-state index in [2.05, 4.69) is 4.98 Å². The molecule has 2 aromatic rings. The van der Waals surface area contributed by atoms with Gasteiger partial charge in [0, 0.05) is 24.0 Å². The summed E-state index contributed by atoms with van der Waals surface area (Å²) < 4.78 is 1.63. The lowest BCUT2D eigenvalue weighted by molar-refractivity contribution is 0.470. The zero-order chi connectivity index (χ0) is 13.4. The van der Waals surface area contributed by atoms with Gasteiger partial charge in [-0.2, -0.15) is 0 Å². The number of hydrogen-bond acceptors (Lipinski definition) is 3. The molecule has 0 atom stereocenters. The van der Waals surface area contributed by atoms with Crippen molar-refractivity contribution >= 4 is 11.6 Å². The number of hydrogen-bond donors (Lipinski definition) is 1. The first kappa shape index (κ1) is 12.2. The first-order chi connectivity index (χ1) is 9.15. The molecule has 2 aromatic heterocycles. The molecule has 19 heavy (non-hydrogen) atoms. The lowest BCUT2D eigenvalue weighted by atomic mass is 10.0. The molecular weight excluding hydrogens is 264 g/mol. The molecule has 0 saturated carbocycles. The average molecular weight is 277 g/mol. The van der Waals surface area contributed by atoms with Crippen LogP contribution in [0.25, 0.3) is 5.69 Å². The highest BCUT2D eigenvalue weighted by Crippen LogP contribution is 2.24. The van der Waals surface area contributed by atoms with Gasteiger partial charge in [0.15, 0.2) is 0 Å². The van der Waals surface area contributed by atoms with Gasteiger partial charge in [-0.05, 0) is 37.3 Å². The van der Waals surface area contributed by atoms with Gasteiger partial charge in [-0.25, -0.2) is 4.98 Å². The molecule has 3 rings (SSSR count). The summed E-state index contributed by atoms with van der Waals surface area (Å²) in [7, 11) is 0. The van der Waals surface area contributed by atoms with Crippen molar-refractivity contribution in [3.05, 3.63) is 51.2 Å². The van der Waals surface area contributed by atoms with Crippen LogP contribution in [0.1, 0.15) is 24.1 Å². The topological polar surface area (TPSA) is 55.1 Å². The van der Waals surface area contributed by atoms with Crippen molar-refractivity contribution in [1.29, 1.82) is 0 Å².